The van der Waals surface area contributed by atoms with Crippen LogP contribution in [0.2, 0.25) is 0 Å². The molecule has 0 aliphatic carbocycles. The van der Waals surface area contributed by atoms with Crippen molar-refractivity contribution in [2.75, 3.05) is 0 Å². The fourth-order valence-electron chi connectivity index (χ4n) is 2.79. The molecule has 0 unspecified atom stereocenters. The van der Waals surface area contributed by atoms with Gasteiger partial charge in [-0.05, 0) is 35.4 Å². The Balaban J connectivity index is 1.38. The first-order valence-corrected chi connectivity index (χ1v) is 11.0. The minimum absolute atomic E-state index is 0.0778. The lowest BCUT2D eigenvalue weighted by molar-refractivity contribution is 0.243. The van der Waals surface area contributed by atoms with Crippen LogP contribution in [0.1, 0.15) is 17.0 Å². The summed E-state index contributed by atoms with van der Waals surface area (Å²) in [6, 6.07) is 23.6. The summed E-state index contributed by atoms with van der Waals surface area (Å²) in [5.74, 6) is 1.24. The van der Waals surface area contributed by atoms with Crippen LogP contribution < -0.4 is 10.5 Å². The highest BCUT2D eigenvalue weighted by molar-refractivity contribution is 8.13. The number of aromatic nitrogens is 2. The topological polar surface area (TPSA) is 98.9 Å². The molecule has 7 nitrogen and oxygen atoms in total. The van der Waals surface area contributed by atoms with Crippen molar-refractivity contribution in [1.82, 2.24) is 10.1 Å². The summed E-state index contributed by atoms with van der Waals surface area (Å²) in [6.45, 7) is 0.0778. The minimum Gasteiger partial charge on any atom is -0.484 e. The first kappa shape index (κ1) is 22.2. The second kappa shape index (κ2) is 11.1. The maximum absolute atomic E-state index is 14.4. The Hall–Kier alpha value is -3.98. The molecule has 0 aliphatic heterocycles. The van der Waals surface area contributed by atoms with Crippen LogP contribution >= 0.6 is 11.8 Å². The first-order valence-electron chi connectivity index (χ1n) is 10.0. The highest BCUT2D eigenvalue weighted by Crippen LogP contribution is 2.22. The summed E-state index contributed by atoms with van der Waals surface area (Å²) in [5.41, 5.74) is 7.84. The fourth-order valence-corrected chi connectivity index (χ4v) is 3.40. The summed E-state index contributed by atoms with van der Waals surface area (Å²) < 4.78 is 25.1. The van der Waals surface area contributed by atoms with Gasteiger partial charge >= 0.3 is 0 Å². The van der Waals surface area contributed by atoms with Crippen LogP contribution in [0.25, 0.3) is 11.4 Å². The monoisotopic (exact) mass is 461 g/mol. The lowest BCUT2D eigenvalue weighted by Gasteiger charge is -2.01. The van der Waals surface area contributed by atoms with E-state index in [0.29, 0.717) is 22.2 Å². The second-order valence-electron chi connectivity index (χ2n) is 6.81. The molecule has 33 heavy (non-hydrogen) atoms. The predicted molar refractivity (Wildman–Crippen MR) is 127 cm³/mol. The number of nitrogens with two attached hydrogens (primary N) is 1. The van der Waals surface area contributed by atoms with E-state index in [1.807, 2.05) is 60.7 Å². The SMILES string of the molecule is NC(=NN=Cc1ccc(F)c(-c2noc(COc3ccccc3)n2)c1)SCc1ccccc1. The van der Waals surface area contributed by atoms with Crippen LogP contribution in [-0.2, 0) is 12.4 Å². The molecular weight excluding hydrogens is 441 g/mol. The molecule has 0 spiro atoms. The van der Waals surface area contributed by atoms with Crippen LogP contribution in [0.4, 0.5) is 4.39 Å². The summed E-state index contributed by atoms with van der Waals surface area (Å²) >= 11 is 1.38. The molecule has 0 bridgehead atoms. The van der Waals surface area contributed by atoms with Crippen LogP contribution in [-0.4, -0.2) is 21.5 Å². The molecule has 0 amide bonds. The Morgan fingerprint density at radius 3 is 2.61 bits per heavy atom. The summed E-state index contributed by atoms with van der Waals surface area (Å²) in [4.78, 5) is 4.22. The number of para-hydroxylation sites is 1. The molecule has 2 N–H and O–H groups in total. The van der Waals surface area contributed by atoms with Crippen molar-refractivity contribution in [3.8, 4) is 17.1 Å². The molecule has 4 rings (SSSR count). The van der Waals surface area contributed by atoms with Crippen molar-refractivity contribution in [1.29, 1.82) is 0 Å². The zero-order valence-electron chi connectivity index (χ0n) is 17.5. The first-order chi connectivity index (χ1) is 16.2. The molecule has 3 aromatic carbocycles. The number of rotatable bonds is 8. The van der Waals surface area contributed by atoms with E-state index in [9.17, 15) is 4.39 Å². The average molecular weight is 462 g/mol. The van der Waals surface area contributed by atoms with Gasteiger partial charge in [-0.2, -0.15) is 10.1 Å². The largest absolute Gasteiger partial charge is 0.484 e. The van der Waals surface area contributed by atoms with Crippen LogP contribution in [0.5, 0.6) is 5.75 Å². The van der Waals surface area contributed by atoms with Crippen LogP contribution in [0.3, 0.4) is 0 Å². The number of thioether (sulfide) groups is 1. The lowest BCUT2D eigenvalue weighted by atomic mass is 10.1. The number of benzene rings is 3. The van der Waals surface area contributed by atoms with E-state index in [0.717, 1.165) is 5.56 Å². The molecule has 0 fully saturated rings. The quantitative estimate of drug-likeness (QED) is 0.224. The number of hydrogen-bond acceptors (Lipinski definition) is 7. The van der Waals surface area contributed by atoms with Gasteiger partial charge in [0.15, 0.2) is 11.8 Å². The van der Waals surface area contributed by atoms with Crippen molar-refractivity contribution in [2.45, 2.75) is 12.4 Å². The zero-order chi connectivity index (χ0) is 22.9. The van der Waals surface area contributed by atoms with Gasteiger partial charge in [0, 0.05) is 5.75 Å². The van der Waals surface area contributed by atoms with Gasteiger partial charge < -0.3 is 15.0 Å². The van der Waals surface area contributed by atoms with Gasteiger partial charge in [-0.25, -0.2) is 4.39 Å². The van der Waals surface area contributed by atoms with Gasteiger partial charge in [-0.3, -0.25) is 0 Å². The normalized spacial score (nSPS) is 11.7. The van der Waals surface area contributed by atoms with E-state index in [1.54, 1.807) is 12.1 Å². The molecule has 166 valence electrons. The Bertz CT molecular complexity index is 1250. The Labute approximate surface area is 194 Å². The Kier molecular flexibility index (Phi) is 7.44. The number of amidine groups is 1. The van der Waals surface area contributed by atoms with E-state index >= 15 is 0 Å². The van der Waals surface area contributed by atoms with Crippen molar-refractivity contribution in [3.63, 3.8) is 0 Å². The van der Waals surface area contributed by atoms with E-state index in [-0.39, 0.29) is 23.9 Å². The van der Waals surface area contributed by atoms with Crippen LogP contribution in [0, 0.1) is 5.82 Å². The second-order valence-corrected chi connectivity index (χ2v) is 7.81. The van der Waals surface area contributed by atoms with E-state index < -0.39 is 5.82 Å². The molecule has 0 saturated heterocycles. The molecule has 9 heteroatoms. The molecule has 0 radical (unpaired) electrons. The maximum atomic E-state index is 14.4. The van der Waals surface area contributed by atoms with Gasteiger partial charge in [0.2, 0.25) is 5.82 Å². The fraction of sp³-hybridized carbons (Fsp3) is 0.0833. The van der Waals surface area contributed by atoms with Gasteiger partial charge in [0.25, 0.3) is 5.89 Å². The molecule has 4 aromatic rings. The highest BCUT2D eigenvalue weighted by atomic mass is 32.2. The van der Waals surface area contributed by atoms with Crippen molar-refractivity contribution >= 4 is 23.1 Å². The number of halogens is 1. The van der Waals surface area contributed by atoms with Gasteiger partial charge in [-0.1, -0.05) is 71.5 Å². The third kappa shape index (κ3) is 6.50. The smallest absolute Gasteiger partial charge is 0.264 e. The van der Waals surface area contributed by atoms with E-state index in [1.165, 1.54) is 24.0 Å². The standard InChI is InChI=1S/C24H20FN5O2S/c25-21-12-11-18(14-27-29-24(26)33-16-17-7-3-1-4-8-17)13-20(21)23-28-22(32-30-23)15-31-19-9-5-2-6-10-19/h1-14H,15-16H2,(H2,26,29). The Morgan fingerprint density at radius 2 is 1.82 bits per heavy atom. The van der Waals surface area contributed by atoms with Gasteiger partial charge in [-0.15, -0.1) is 5.10 Å². The lowest BCUT2D eigenvalue weighted by Crippen LogP contribution is -2.06. The minimum atomic E-state index is -0.482. The maximum Gasteiger partial charge on any atom is 0.264 e. The zero-order valence-corrected chi connectivity index (χ0v) is 18.3. The third-order valence-corrected chi connectivity index (χ3v) is 5.25. The number of nitrogens with zero attached hydrogens (tertiary/aromatic N) is 4. The van der Waals surface area contributed by atoms with Crippen molar-refractivity contribution in [3.05, 3.63) is 102 Å². The summed E-state index contributed by atoms with van der Waals surface area (Å²) in [7, 11) is 0. The highest BCUT2D eigenvalue weighted by Gasteiger charge is 2.14. The van der Waals surface area contributed by atoms with Crippen LogP contribution in [0.15, 0.2) is 93.6 Å². The van der Waals surface area contributed by atoms with Gasteiger partial charge in [0.05, 0.1) is 11.8 Å². The third-order valence-electron chi connectivity index (χ3n) is 4.40. The predicted octanol–water partition coefficient (Wildman–Crippen LogP) is 5.04. The molecule has 1 heterocycles. The average Bonchev–Trinajstić information content (AvgIpc) is 3.33. The molecule has 0 aliphatic rings. The molecular formula is C24H20FN5O2S. The number of ether oxygens (including phenoxy) is 1. The van der Waals surface area contributed by atoms with E-state index in [2.05, 4.69) is 20.3 Å². The molecule has 1 aromatic heterocycles. The summed E-state index contributed by atoms with van der Waals surface area (Å²) in [6.07, 6.45) is 1.48. The summed E-state index contributed by atoms with van der Waals surface area (Å²) in [5, 5.41) is 12.2. The van der Waals surface area contributed by atoms with E-state index in [4.69, 9.17) is 15.0 Å². The van der Waals surface area contributed by atoms with Crippen molar-refractivity contribution in [2.24, 2.45) is 15.9 Å². The number of hydrogen-bond donors (Lipinski definition) is 1. The van der Waals surface area contributed by atoms with Gasteiger partial charge in [0.1, 0.15) is 11.6 Å². The molecule has 0 atom stereocenters. The molecule has 0 saturated carbocycles. The van der Waals surface area contributed by atoms with Crippen molar-refractivity contribution < 1.29 is 13.7 Å². The Morgan fingerprint density at radius 1 is 1.06 bits per heavy atom.